The Labute approximate surface area is 142 Å². The molecule has 3 N–H and O–H groups in total. The number of thiophene rings is 1. The Kier molecular flexibility index (Phi) is 4.18. The van der Waals surface area contributed by atoms with Crippen LogP contribution in [-0.4, -0.2) is 21.6 Å². The highest BCUT2D eigenvalue weighted by Gasteiger charge is 2.20. The van der Waals surface area contributed by atoms with E-state index in [-0.39, 0.29) is 11.6 Å². The summed E-state index contributed by atoms with van der Waals surface area (Å²) in [7, 11) is 0. The number of carbonyl (C=O) groups excluding carboxylic acids is 2. The summed E-state index contributed by atoms with van der Waals surface area (Å²) >= 11 is 1.33. The Morgan fingerprint density at radius 3 is 2.54 bits per heavy atom. The number of hydrogen-bond acceptors (Lipinski definition) is 4. The molecule has 0 saturated heterocycles. The number of carbonyl (C=O) groups is 2. The van der Waals surface area contributed by atoms with Crippen LogP contribution in [-0.2, 0) is 0 Å². The van der Waals surface area contributed by atoms with Crippen molar-refractivity contribution in [3.8, 4) is 5.69 Å². The molecule has 3 aromatic rings. The fourth-order valence-electron chi connectivity index (χ4n) is 2.35. The highest BCUT2D eigenvalue weighted by atomic mass is 32.1. The molecule has 0 fully saturated rings. The first-order valence-corrected chi connectivity index (χ1v) is 8.11. The summed E-state index contributed by atoms with van der Waals surface area (Å²) in [5.74, 6) is -0.935. The predicted molar refractivity (Wildman–Crippen MR) is 93.8 cm³/mol. The maximum Gasteiger partial charge on any atom is 0.276 e. The van der Waals surface area contributed by atoms with Crippen molar-refractivity contribution in [2.75, 3.05) is 5.32 Å². The fraction of sp³-hybridized carbons (Fsp3) is 0.118. The lowest BCUT2D eigenvalue weighted by Crippen LogP contribution is -2.18. The van der Waals surface area contributed by atoms with E-state index in [4.69, 9.17) is 5.73 Å². The van der Waals surface area contributed by atoms with Crippen LogP contribution in [0.4, 0.5) is 5.00 Å². The van der Waals surface area contributed by atoms with E-state index in [1.165, 1.54) is 11.3 Å². The average Bonchev–Trinajstić information content (AvgIpc) is 3.14. The van der Waals surface area contributed by atoms with Crippen LogP contribution in [0.15, 0.2) is 42.6 Å². The third kappa shape index (κ3) is 2.93. The van der Waals surface area contributed by atoms with E-state index in [1.54, 1.807) is 16.9 Å². The second kappa shape index (κ2) is 6.29. The number of hydrogen-bond donors (Lipinski definition) is 2. The highest BCUT2D eigenvalue weighted by Crippen LogP contribution is 2.32. The lowest BCUT2D eigenvalue weighted by Gasteiger charge is -2.03. The van der Waals surface area contributed by atoms with Gasteiger partial charge in [-0.2, -0.15) is 5.10 Å². The summed E-state index contributed by atoms with van der Waals surface area (Å²) in [4.78, 5) is 25.0. The summed E-state index contributed by atoms with van der Waals surface area (Å²) in [5, 5.41) is 7.47. The number of nitrogens with two attached hydrogens (primary N) is 1. The molecule has 1 aromatic carbocycles. The topological polar surface area (TPSA) is 90.0 Å². The minimum Gasteiger partial charge on any atom is -0.365 e. The van der Waals surface area contributed by atoms with E-state index in [1.807, 2.05) is 44.2 Å². The minimum absolute atomic E-state index is 0.262. The Bertz CT molecular complexity index is 912. The minimum atomic E-state index is -0.554. The van der Waals surface area contributed by atoms with Gasteiger partial charge in [0.2, 0.25) is 0 Å². The van der Waals surface area contributed by atoms with Gasteiger partial charge in [0.15, 0.2) is 5.69 Å². The maximum absolute atomic E-state index is 12.4. The van der Waals surface area contributed by atoms with Gasteiger partial charge in [-0.25, -0.2) is 4.68 Å². The number of benzene rings is 1. The first-order valence-electron chi connectivity index (χ1n) is 7.29. The molecule has 0 atom stereocenters. The van der Waals surface area contributed by atoms with Crippen molar-refractivity contribution in [2.45, 2.75) is 13.8 Å². The molecule has 0 aliphatic carbocycles. The van der Waals surface area contributed by atoms with Crippen LogP contribution in [0.25, 0.3) is 5.69 Å². The molecule has 7 heteroatoms. The zero-order valence-electron chi connectivity index (χ0n) is 13.2. The van der Waals surface area contributed by atoms with E-state index in [9.17, 15) is 9.59 Å². The van der Waals surface area contributed by atoms with Crippen LogP contribution in [0.1, 0.15) is 31.3 Å². The Morgan fingerprint density at radius 2 is 1.88 bits per heavy atom. The second-order valence-electron chi connectivity index (χ2n) is 5.29. The number of para-hydroxylation sites is 1. The summed E-state index contributed by atoms with van der Waals surface area (Å²) in [6, 6.07) is 11.1. The van der Waals surface area contributed by atoms with Gasteiger partial charge in [0.05, 0.1) is 11.3 Å². The van der Waals surface area contributed by atoms with Gasteiger partial charge in [-0.15, -0.1) is 11.3 Å². The summed E-state index contributed by atoms with van der Waals surface area (Å²) in [6.45, 7) is 3.69. The van der Waals surface area contributed by atoms with Crippen LogP contribution in [0.5, 0.6) is 0 Å². The molecular weight excluding hydrogens is 324 g/mol. The van der Waals surface area contributed by atoms with Crippen LogP contribution < -0.4 is 11.1 Å². The van der Waals surface area contributed by atoms with Crippen LogP contribution in [0.3, 0.4) is 0 Å². The van der Waals surface area contributed by atoms with Crippen molar-refractivity contribution in [2.24, 2.45) is 5.73 Å². The number of aryl methyl sites for hydroxylation is 1. The van der Waals surface area contributed by atoms with E-state index in [2.05, 4.69) is 10.4 Å². The molecule has 0 aliphatic rings. The van der Waals surface area contributed by atoms with Crippen molar-refractivity contribution in [3.05, 3.63) is 64.3 Å². The number of primary amides is 1. The number of anilines is 1. The second-order valence-corrected chi connectivity index (χ2v) is 6.51. The standard InChI is InChI=1S/C17H16N4O2S/c1-10-11(2)24-17(14(10)15(18)22)19-16(23)13-8-9-21(20-13)12-6-4-3-5-7-12/h3-9H,1-2H3,(H2,18,22)(H,19,23). The maximum atomic E-state index is 12.4. The smallest absolute Gasteiger partial charge is 0.276 e. The predicted octanol–water partition coefficient (Wildman–Crippen LogP) is 2.90. The van der Waals surface area contributed by atoms with Crippen molar-refractivity contribution in [3.63, 3.8) is 0 Å². The third-order valence-corrected chi connectivity index (χ3v) is 4.82. The van der Waals surface area contributed by atoms with Crippen LogP contribution in [0, 0.1) is 13.8 Å². The highest BCUT2D eigenvalue weighted by molar-refractivity contribution is 7.16. The third-order valence-electron chi connectivity index (χ3n) is 3.70. The van der Waals surface area contributed by atoms with Gasteiger partial charge in [0.25, 0.3) is 11.8 Å². The van der Waals surface area contributed by atoms with Crippen molar-refractivity contribution >= 4 is 28.2 Å². The van der Waals surface area contributed by atoms with Crippen LogP contribution >= 0.6 is 11.3 Å². The number of nitrogens with one attached hydrogen (secondary N) is 1. The molecule has 122 valence electrons. The normalized spacial score (nSPS) is 10.6. The molecule has 0 spiro atoms. The van der Waals surface area contributed by atoms with Gasteiger partial charge in [-0.05, 0) is 37.6 Å². The van der Waals surface area contributed by atoms with E-state index < -0.39 is 5.91 Å². The molecule has 6 nitrogen and oxygen atoms in total. The van der Waals surface area contributed by atoms with Crippen molar-refractivity contribution < 1.29 is 9.59 Å². The molecule has 2 heterocycles. The van der Waals surface area contributed by atoms with E-state index >= 15 is 0 Å². The molecule has 0 unspecified atom stereocenters. The van der Waals surface area contributed by atoms with Crippen LogP contribution in [0.2, 0.25) is 0 Å². The molecular formula is C17H16N4O2S. The Morgan fingerprint density at radius 1 is 1.17 bits per heavy atom. The number of amides is 2. The zero-order valence-corrected chi connectivity index (χ0v) is 14.1. The molecule has 0 bridgehead atoms. The first-order chi connectivity index (χ1) is 11.5. The van der Waals surface area contributed by atoms with Crippen molar-refractivity contribution in [1.82, 2.24) is 9.78 Å². The molecule has 2 aromatic heterocycles. The number of nitrogens with zero attached hydrogens (tertiary/aromatic N) is 2. The van der Waals surface area contributed by atoms with Gasteiger partial charge in [-0.3, -0.25) is 9.59 Å². The van der Waals surface area contributed by atoms with Gasteiger partial charge in [0.1, 0.15) is 5.00 Å². The summed E-state index contributed by atoms with van der Waals surface area (Å²) in [5.41, 5.74) is 7.68. The molecule has 2 amide bonds. The lowest BCUT2D eigenvalue weighted by atomic mass is 10.1. The quantitative estimate of drug-likeness (QED) is 0.765. The first kappa shape index (κ1) is 15.9. The van der Waals surface area contributed by atoms with Gasteiger partial charge < -0.3 is 11.1 Å². The van der Waals surface area contributed by atoms with Gasteiger partial charge in [-0.1, -0.05) is 18.2 Å². The lowest BCUT2D eigenvalue weighted by molar-refractivity contribution is 0.100. The Hall–Kier alpha value is -2.93. The molecule has 0 aliphatic heterocycles. The van der Waals surface area contributed by atoms with Crippen molar-refractivity contribution in [1.29, 1.82) is 0 Å². The molecule has 24 heavy (non-hydrogen) atoms. The fourth-order valence-corrected chi connectivity index (χ4v) is 3.41. The number of aromatic nitrogens is 2. The monoisotopic (exact) mass is 340 g/mol. The molecule has 0 saturated carbocycles. The summed E-state index contributed by atoms with van der Waals surface area (Å²) < 4.78 is 1.62. The zero-order chi connectivity index (χ0) is 17.3. The summed E-state index contributed by atoms with van der Waals surface area (Å²) in [6.07, 6.45) is 1.71. The van der Waals surface area contributed by atoms with Gasteiger partial charge >= 0.3 is 0 Å². The van der Waals surface area contributed by atoms with Gasteiger partial charge in [0, 0.05) is 11.1 Å². The Balaban J connectivity index is 1.85. The largest absolute Gasteiger partial charge is 0.365 e. The van der Waals surface area contributed by atoms with E-state index in [0.717, 1.165) is 16.1 Å². The molecule has 3 rings (SSSR count). The average molecular weight is 340 g/mol. The van der Waals surface area contributed by atoms with E-state index in [0.29, 0.717) is 10.6 Å². The molecule has 0 radical (unpaired) electrons. The SMILES string of the molecule is Cc1sc(NC(=O)c2ccn(-c3ccccc3)n2)c(C(N)=O)c1C. The number of rotatable bonds is 4.